The van der Waals surface area contributed by atoms with Gasteiger partial charge in [-0.05, 0) is 62.3 Å². The monoisotopic (exact) mass is 429 g/mol. The molecule has 166 valence electrons. The quantitative estimate of drug-likeness (QED) is 0.640. The molecule has 32 heavy (non-hydrogen) atoms. The van der Waals surface area contributed by atoms with Crippen molar-refractivity contribution in [2.45, 2.75) is 51.9 Å². The van der Waals surface area contributed by atoms with E-state index >= 15 is 0 Å². The van der Waals surface area contributed by atoms with Crippen molar-refractivity contribution in [3.8, 4) is 0 Å². The van der Waals surface area contributed by atoms with Crippen LogP contribution in [0, 0.1) is 13.8 Å². The largest absolute Gasteiger partial charge is 0.368 e. The Kier molecular flexibility index (Phi) is 6.78. The highest BCUT2D eigenvalue weighted by atomic mass is 16.2. The number of anilines is 1. The molecule has 1 saturated heterocycles. The average Bonchev–Trinajstić information content (AvgIpc) is 2.79. The van der Waals surface area contributed by atoms with Crippen LogP contribution in [-0.4, -0.2) is 38.8 Å². The summed E-state index contributed by atoms with van der Waals surface area (Å²) in [6.45, 7) is 5.40. The van der Waals surface area contributed by atoms with Crippen LogP contribution < -0.4 is 5.73 Å². The van der Waals surface area contributed by atoms with Gasteiger partial charge >= 0.3 is 0 Å². The topological polar surface area (TPSA) is 85.0 Å². The zero-order chi connectivity index (χ0) is 22.5. The Bertz CT molecular complexity index is 1040. The third-order valence-electron chi connectivity index (χ3n) is 6.32. The van der Waals surface area contributed by atoms with E-state index in [2.05, 4.69) is 46.4 Å². The SMILES string of the molecule is Cc1nc(N)nc(C)c1CCC(=O)N1CCC[C@H](c2ccc(Cc3ccccc3)cn2)C1. The molecule has 1 fully saturated rings. The molecule has 3 heterocycles. The number of piperidine rings is 1. The lowest BCUT2D eigenvalue weighted by Gasteiger charge is -2.32. The summed E-state index contributed by atoms with van der Waals surface area (Å²) in [4.78, 5) is 28.2. The summed E-state index contributed by atoms with van der Waals surface area (Å²) in [6.07, 6.45) is 6.05. The van der Waals surface area contributed by atoms with Gasteiger partial charge in [0.1, 0.15) is 0 Å². The van der Waals surface area contributed by atoms with Gasteiger partial charge in [0.2, 0.25) is 11.9 Å². The van der Waals surface area contributed by atoms with E-state index < -0.39 is 0 Å². The number of carbonyl (C=O) groups excluding carboxylic acids is 1. The number of amides is 1. The van der Waals surface area contributed by atoms with E-state index in [4.69, 9.17) is 10.7 Å². The highest BCUT2D eigenvalue weighted by Crippen LogP contribution is 2.27. The van der Waals surface area contributed by atoms with Crippen molar-refractivity contribution >= 4 is 11.9 Å². The number of carbonyl (C=O) groups is 1. The molecule has 0 saturated carbocycles. The van der Waals surface area contributed by atoms with E-state index in [1.807, 2.05) is 31.0 Å². The van der Waals surface area contributed by atoms with Gasteiger partial charge in [0.25, 0.3) is 0 Å². The van der Waals surface area contributed by atoms with Crippen molar-refractivity contribution < 1.29 is 4.79 Å². The van der Waals surface area contributed by atoms with Crippen molar-refractivity contribution in [3.63, 3.8) is 0 Å². The molecule has 1 aliphatic rings. The van der Waals surface area contributed by atoms with E-state index in [9.17, 15) is 4.79 Å². The Hall–Kier alpha value is -3.28. The first kappa shape index (κ1) is 21.9. The molecule has 6 nitrogen and oxygen atoms in total. The van der Waals surface area contributed by atoms with Gasteiger partial charge in [-0.1, -0.05) is 36.4 Å². The molecule has 1 aromatic carbocycles. The predicted molar refractivity (Wildman–Crippen MR) is 126 cm³/mol. The van der Waals surface area contributed by atoms with Gasteiger partial charge in [0, 0.05) is 48.7 Å². The summed E-state index contributed by atoms with van der Waals surface area (Å²) in [7, 11) is 0. The summed E-state index contributed by atoms with van der Waals surface area (Å²) in [5.74, 6) is 0.768. The number of aryl methyl sites for hydroxylation is 2. The number of pyridine rings is 1. The standard InChI is InChI=1S/C26H31N5O/c1-18-23(19(2)30-26(27)29-18)11-13-25(32)31-14-6-9-22(17-31)24-12-10-21(16-28-24)15-20-7-4-3-5-8-20/h3-5,7-8,10,12,16,22H,6,9,11,13-15,17H2,1-2H3,(H2,27,29,30)/t22-/m0/s1. The smallest absolute Gasteiger partial charge is 0.222 e. The lowest BCUT2D eigenvalue weighted by Crippen LogP contribution is -2.39. The molecule has 0 radical (unpaired) electrons. The molecular formula is C26H31N5O. The molecule has 4 rings (SSSR count). The van der Waals surface area contributed by atoms with Gasteiger partial charge in [-0.15, -0.1) is 0 Å². The normalized spacial score (nSPS) is 16.2. The zero-order valence-corrected chi connectivity index (χ0v) is 18.9. The zero-order valence-electron chi connectivity index (χ0n) is 18.9. The van der Waals surface area contributed by atoms with Gasteiger partial charge in [-0.25, -0.2) is 9.97 Å². The molecule has 3 aromatic rings. The van der Waals surface area contributed by atoms with Gasteiger partial charge in [-0.3, -0.25) is 9.78 Å². The van der Waals surface area contributed by atoms with Crippen molar-refractivity contribution in [2.75, 3.05) is 18.8 Å². The van der Waals surface area contributed by atoms with Crippen LogP contribution in [0.2, 0.25) is 0 Å². The van der Waals surface area contributed by atoms with E-state index in [1.165, 1.54) is 11.1 Å². The number of hydrogen-bond acceptors (Lipinski definition) is 5. The molecule has 0 aliphatic carbocycles. The average molecular weight is 430 g/mol. The van der Waals surface area contributed by atoms with Crippen LogP contribution in [-0.2, 0) is 17.6 Å². The predicted octanol–water partition coefficient (Wildman–Crippen LogP) is 4.00. The molecule has 2 N–H and O–H groups in total. The maximum Gasteiger partial charge on any atom is 0.222 e. The summed E-state index contributed by atoms with van der Waals surface area (Å²) in [6, 6.07) is 14.7. The van der Waals surface area contributed by atoms with Crippen LogP contribution in [0.25, 0.3) is 0 Å². The van der Waals surface area contributed by atoms with Crippen molar-refractivity contribution in [1.29, 1.82) is 0 Å². The minimum Gasteiger partial charge on any atom is -0.368 e. The maximum absolute atomic E-state index is 12.9. The van der Waals surface area contributed by atoms with E-state index in [0.717, 1.165) is 55.0 Å². The third-order valence-corrected chi connectivity index (χ3v) is 6.32. The fourth-order valence-electron chi connectivity index (χ4n) is 4.58. The van der Waals surface area contributed by atoms with Crippen molar-refractivity contribution in [2.24, 2.45) is 0 Å². The third kappa shape index (κ3) is 5.31. The first-order valence-corrected chi connectivity index (χ1v) is 11.4. The van der Waals surface area contributed by atoms with E-state index in [-0.39, 0.29) is 11.9 Å². The summed E-state index contributed by atoms with van der Waals surface area (Å²) in [5.41, 5.74) is 12.0. The number of benzene rings is 1. The molecule has 1 amide bonds. The molecule has 0 unspecified atom stereocenters. The minimum absolute atomic E-state index is 0.186. The summed E-state index contributed by atoms with van der Waals surface area (Å²) in [5, 5.41) is 0. The van der Waals surface area contributed by atoms with Crippen LogP contribution in [0.4, 0.5) is 5.95 Å². The number of nitrogen functional groups attached to an aromatic ring is 1. The Balaban J connectivity index is 1.35. The molecule has 2 aromatic heterocycles. The number of likely N-dealkylation sites (tertiary alicyclic amines) is 1. The van der Waals surface area contributed by atoms with E-state index in [0.29, 0.717) is 18.8 Å². The molecular weight excluding hydrogens is 398 g/mol. The summed E-state index contributed by atoms with van der Waals surface area (Å²) >= 11 is 0. The Morgan fingerprint density at radius 2 is 1.81 bits per heavy atom. The summed E-state index contributed by atoms with van der Waals surface area (Å²) < 4.78 is 0. The molecule has 0 spiro atoms. The maximum atomic E-state index is 12.9. The highest BCUT2D eigenvalue weighted by Gasteiger charge is 2.25. The second kappa shape index (κ2) is 9.90. The first-order valence-electron chi connectivity index (χ1n) is 11.4. The van der Waals surface area contributed by atoms with Gasteiger partial charge in [0.15, 0.2) is 0 Å². The van der Waals surface area contributed by atoms with E-state index in [1.54, 1.807) is 0 Å². The number of aromatic nitrogens is 3. The molecule has 6 heteroatoms. The van der Waals surface area contributed by atoms with Crippen LogP contribution >= 0.6 is 0 Å². The second-order valence-corrected chi connectivity index (χ2v) is 8.66. The number of nitrogens with zero attached hydrogens (tertiary/aromatic N) is 4. The fraction of sp³-hybridized carbons (Fsp3) is 0.385. The fourth-order valence-corrected chi connectivity index (χ4v) is 4.58. The minimum atomic E-state index is 0.186. The highest BCUT2D eigenvalue weighted by molar-refractivity contribution is 5.76. The number of hydrogen-bond donors (Lipinski definition) is 1. The number of nitrogens with two attached hydrogens (primary N) is 1. The van der Waals surface area contributed by atoms with Crippen LogP contribution in [0.15, 0.2) is 48.7 Å². The van der Waals surface area contributed by atoms with Crippen LogP contribution in [0.3, 0.4) is 0 Å². The first-order chi connectivity index (χ1) is 15.5. The number of rotatable bonds is 6. The molecule has 1 atom stereocenters. The Morgan fingerprint density at radius 1 is 1.06 bits per heavy atom. The van der Waals surface area contributed by atoms with Crippen molar-refractivity contribution in [3.05, 3.63) is 82.4 Å². The lowest BCUT2D eigenvalue weighted by atomic mass is 9.93. The second-order valence-electron chi connectivity index (χ2n) is 8.66. The lowest BCUT2D eigenvalue weighted by molar-refractivity contribution is -0.132. The Labute approximate surface area is 189 Å². The van der Waals surface area contributed by atoms with Crippen LogP contribution in [0.1, 0.15) is 59.0 Å². The molecule has 0 bridgehead atoms. The van der Waals surface area contributed by atoms with Crippen molar-refractivity contribution in [1.82, 2.24) is 19.9 Å². The van der Waals surface area contributed by atoms with Gasteiger partial charge < -0.3 is 10.6 Å². The molecule has 1 aliphatic heterocycles. The van der Waals surface area contributed by atoms with Gasteiger partial charge in [-0.2, -0.15) is 0 Å². The van der Waals surface area contributed by atoms with Gasteiger partial charge in [0.05, 0.1) is 0 Å². The van der Waals surface area contributed by atoms with Crippen LogP contribution in [0.5, 0.6) is 0 Å². The Morgan fingerprint density at radius 3 is 2.50 bits per heavy atom.